The third-order valence-corrected chi connectivity index (χ3v) is 3.69. The first kappa shape index (κ1) is 18.4. The van der Waals surface area contributed by atoms with E-state index < -0.39 is 29.8 Å². The Balaban J connectivity index is 1.71. The number of nitrogens with zero attached hydrogens (tertiary/aromatic N) is 4. The molecule has 0 fully saturated rings. The zero-order valence-corrected chi connectivity index (χ0v) is 13.8. The molecule has 0 aliphatic rings. The molecule has 27 heavy (non-hydrogen) atoms. The van der Waals surface area contributed by atoms with Crippen LogP contribution in [0.3, 0.4) is 0 Å². The molecule has 0 bridgehead atoms. The molecule has 0 saturated heterocycles. The van der Waals surface area contributed by atoms with E-state index in [1.165, 1.54) is 4.68 Å². The number of carbonyl (C=O) groups is 1. The Labute approximate surface area is 151 Å². The van der Waals surface area contributed by atoms with Crippen LogP contribution in [-0.4, -0.2) is 25.2 Å². The van der Waals surface area contributed by atoms with Crippen LogP contribution in [0, 0.1) is 0 Å². The van der Waals surface area contributed by atoms with Crippen molar-refractivity contribution in [2.45, 2.75) is 19.3 Å². The summed E-state index contributed by atoms with van der Waals surface area (Å²) in [6.45, 7) is -0.449. The highest BCUT2D eigenvalue weighted by atomic mass is 19.4. The number of amides is 1. The van der Waals surface area contributed by atoms with E-state index in [-0.39, 0.29) is 6.54 Å². The average Bonchev–Trinajstić information content (AvgIpc) is 3.15. The van der Waals surface area contributed by atoms with Crippen molar-refractivity contribution in [3.8, 4) is 5.82 Å². The number of halogens is 3. The fourth-order valence-electron chi connectivity index (χ4n) is 2.40. The number of hydrogen-bond donors (Lipinski definition) is 1. The molecule has 0 unspecified atom stereocenters. The Bertz CT molecular complexity index is 996. The minimum absolute atomic E-state index is 0.0789. The van der Waals surface area contributed by atoms with Crippen molar-refractivity contribution >= 4 is 5.91 Å². The fraction of sp³-hybridized carbons (Fsp3) is 0.176. The van der Waals surface area contributed by atoms with Gasteiger partial charge >= 0.3 is 6.18 Å². The largest absolute Gasteiger partial charge is 0.417 e. The van der Waals surface area contributed by atoms with Gasteiger partial charge in [0.15, 0.2) is 5.82 Å². The van der Waals surface area contributed by atoms with Crippen molar-refractivity contribution in [3.63, 3.8) is 0 Å². The van der Waals surface area contributed by atoms with Crippen LogP contribution in [0.25, 0.3) is 5.82 Å². The highest BCUT2D eigenvalue weighted by molar-refractivity contribution is 5.75. The van der Waals surface area contributed by atoms with Gasteiger partial charge in [-0.1, -0.05) is 6.07 Å². The van der Waals surface area contributed by atoms with Gasteiger partial charge in [0.2, 0.25) is 5.91 Å². The first-order valence-electron chi connectivity index (χ1n) is 7.83. The predicted molar refractivity (Wildman–Crippen MR) is 88.9 cm³/mol. The maximum Gasteiger partial charge on any atom is 0.417 e. The van der Waals surface area contributed by atoms with Crippen LogP contribution in [-0.2, 0) is 24.1 Å². The van der Waals surface area contributed by atoms with Gasteiger partial charge in [-0.2, -0.15) is 18.3 Å². The number of rotatable bonds is 5. The van der Waals surface area contributed by atoms with Gasteiger partial charge in [0.25, 0.3) is 5.56 Å². The molecule has 0 atom stereocenters. The molecule has 0 aliphatic heterocycles. The van der Waals surface area contributed by atoms with Gasteiger partial charge in [-0.05, 0) is 18.2 Å². The van der Waals surface area contributed by atoms with Crippen molar-refractivity contribution in [2.75, 3.05) is 0 Å². The predicted octanol–water partition coefficient (Wildman–Crippen LogP) is 1.76. The van der Waals surface area contributed by atoms with E-state index in [1.807, 2.05) is 0 Å². The lowest BCUT2D eigenvalue weighted by Gasteiger charge is -2.12. The lowest BCUT2D eigenvalue weighted by atomic mass is 10.2. The molecule has 1 amide bonds. The summed E-state index contributed by atoms with van der Waals surface area (Å²) in [4.78, 5) is 28.0. The quantitative estimate of drug-likeness (QED) is 0.735. The van der Waals surface area contributed by atoms with Gasteiger partial charge in [0, 0.05) is 43.0 Å². The summed E-state index contributed by atoms with van der Waals surface area (Å²) in [6, 6.07) is 6.61. The number of pyridine rings is 2. The van der Waals surface area contributed by atoms with E-state index >= 15 is 0 Å². The van der Waals surface area contributed by atoms with Crippen molar-refractivity contribution in [1.82, 2.24) is 24.6 Å². The summed E-state index contributed by atoms with van der Waals surface area (Å²) >= 11 is 0. The number of carbonyl (C=O) groups excluding carboxylic acids is 1. The number of nitrogens with one attached hydrogen (secondary N) is 1. The molecule has 1 N–H and O–H groups in total. The molecule has 7 nitrogen and oxygen atoms in total. The summed E-state index contributed by atoms with van der Waals surface area (Å²) in [5.74, 6) is -0.0919. The molecule has 3 aromatic heterocycles. The van der Waals surface area contributed by atoms with E-state index in [2.05, 4.69) is 15.4 Å². The molecule has 3 heterocycles. The highest BCUT2D eigenvalue weighted by Crippen LogP contribution is 2.27. The van der Waals surface area contributed by atoms with E-state index in [9.17, 15) is 22.8 Å². The van der Waals surface area contributed by atoms with Crippen molar-refractivity contribution in [2.24, 2.45) is 0 Å². The van der Waals surface area contributed by atoms with Crippen LogP contribution < -0.4 is 10.9 Å². The van der Waals surface area contributed by atoms with Crippen LogP contribution in [0.2, 0.25) is 0 Å². The zero-order chi connectivity index (χ0) is 19.4. The van der Waals surface area contributed by atoms with Gasteiger partial charge in [-0.25, -0.2) is 9.67 Å². The Morgan fingerprint density at radius 2 is 1.96 bits per heavy atom. The molecule has 0 radical (unpaired) electrons. The molecule has 3 aromatic rings. The first-order chi connectivity index (χ1) is 12.8. The molecular formula is C17H14F3N5O2. The molecule has 10 heteroatoms. The SMILES string of the molecule is O=C(Cn1cc(C(F)(F)F)ccc1=O)NCc1cccnc1-n1cccn1. The molecule has 0 aromatic carbocycles. The van der Waals surface area contributed by atoms with Crippen LogP contribution in [0.15, 0.2) is 59.9 Å². The zero-order valence-electron chi connectivity index (χ0n) is 13.8. The number of alkyl halides is 3. The monoisotopic (exact) mass is 377 g/mol. The van der Waals surface area contributed by atoms with Gasteiger partial charge in [0.1, 0.15) is 6.54 Å². The van der Waals surface area contributed by atoms with E-state index in [4.69, 9.17) is 0 Å². The Kier molecular flexibility index (Phi) is 5.06. The minimum atomic E-state index is -4.60. The van der Waals surface area contributed by atoms with Gasteiger partial charge < -0.3 is 9.88 Å². The molecule has 3 rings (SSSR count). The van der Waals surface area contributed by atoms with Crippen LogP contribution >= 0.6 is 0 Å². The summed E-state index contributed by atoms with van der Waals surface area (Å²) in [7, 11) is 0. The van der Waals surface area contributed by atoms with Gasteiger partial charge in [-0.3, -0.25) is 9.59 Å². The van der Waals surface area contributed by atoms with Crippen molar-refractivity contribution in [1.29, 1.82) is 0 Å². The summed E-state index contributed by atoms with van der Waals surface area (Å²) < 4.78 is 40.5. The van der Waals surface area contributed by atoms with E-state index in [0.717, 1.165) is 10.6 Å². The molecular weight excluding hydrogens is 363 g/mol. The summed E-state index contributed by atoms with van der Waals surface area (Å²) in [5, 5.41) is 6.65. The Hall–Kier alpha value is -3.43. The second-order valence-corrected chi connectivity index (χ2v) is 5.60. The van der Waals surface area contributed by atoms with Crippen LogP contribution in [0.5, 0.6) is 0 Å². The first-order valence-corrected chi connectivity index (χ1v) is 7.83. The molecule has 0 spiro atoms. The third kappa shape index (κ3) is 4.40. The summed E-state index contributed by atoms with van der Waals surface area (Å²) in [5.41, 5.74) is -1.04. The highest BCUT2D eigenvalue weighted by Gasteiger charge is 2.31. The normalized spacial score (nSPS) is 11.4. The maximum absolute atomic E-state index is 12.8. The van der Waals surface area contributed by atoms with Crippen molar-refractivity contribution < 1.29 is 18.0 Å². The van der Waals surface area contributed by atoms with Gasteiger partial charge in [0.05, 0.1) is 5.56 Å². The molecule has 0 aliphatic carbocycles. The molecule has 140 valence electrons. The third-order valence-electron chi connectivity index (χ3n) is 3.69. The van der Waals surface area contributed by atoms with Crippen molar-refractivity contribution in [3.05, 3.63) is 76.6 Å². The van der Waals surface area contributed by atoms with Crippen LogP contribution in [0.1, 0.15) is 11.1 Å². The minimum Gasteiger partial charge on any atom is -0.350 e. The van der Waals surface area contributed by atoms with E-state index in [1.54, 1.807) is 36.8 Å². The lowest BCUT2D eigenvalue weighted by molar-refractivity contribution is -0.138. The standard InChI is InChI=1S/C17H14F3N5O2/c18-17(19,20)13-4-5-15(27)24(10-13)11-14(26)22-9-12-3-1-6-21-16(12)25-8-2-7-23-25/h1-8,10H,9,11H2,(H,22,26). The Morgan fingerprint density at radius 1 is 1.15 bits per heavy atom. The molecule has 0 saturated carbocycles. The summed E-state index contributed by atoms with van der Waals surface area (Å²) in [6.07, 6.45) is 0.874. The van der Waals surface area contributed by atoms with E-state index in [0.29, 0.717) is 23.6 Å². The fourth-order valence-corrected chi connectivity index (χ4v) is 2.40. The second kappa shape index (κ2) is 7.44. The number of aromatic nitrogens is 4. The topological polar surface area (TPSA) is 81.8 Å². The lowest BCUT2D eigenvalue weighted by Crippen LogP contribution is -2.32. The van der Waals surface area contributed by atoms with Crippen LogP contribution in [0.4, 0.5) is 13.2 Å². The smallest absolute Gasteiger partial charge is 0.350 e. The van der Waals surface area contributed by atoms with Gasteiger partial charge in [-0.15, -0.1) is 0 Å². The average molecular weight is 377 g/mol. The second-order valence-electron chi connectivity index (χ2n) is 5.60. The Morgan fingerprint density at radius 3 is 2.67 bits per heavy atom. The number of hydrogen-bond acceptors (Lipinski definition) is 4. The maximum atomic E-state index is 12.8.